The third kappa shape index (κ3) is 4.55. The summed E-state index contributed by atoms with van der Waals surface area (Å²) in [5.74, 6) is 0.119. The molecule has 6 heteroatoms. The van der Waals surface area contributed by atoms with Crippen LogP contribution in [0.5, 0.6) is 0 Å². The van der Waals surface area contributed by atoms with Gasteiger partial charge in [-0.15, -0.1) is 11.3 Å². The Hall–Kier alpha value is -1.92. The fraction of sp³-hybridized carbons (Fsp3) is 0.444. The van der Waals surface area contributed by atoms with Crippen LogP contribution in [0, 0.1) is 0 Å². The van der Waals surface area contributed by atoms with E-state index < -0.39 is 0 Å². The van der Waals surface area contributed by atoms with Crippen LogP contribution in [0.15, 0.2) is 41.9 Å². The molecule has 2 aromatic rings. The summed E-state index contributed by atoms with van der Waals surface area (Å²) in [5, 5.41) is 6.20. The summed E-state index contributed by atoms with van der Waals surface area (Å²) in [7, 11) is 0. The Morgan fingerprint density at radius 3 is 2.67 bits per heavy atom. The first-order valence-corrected chi connectivity index (χ1v) is 9.31. The first-order chi connectivity index (χ1) is 11.7. The highest BCUT2D eigenvalue weighted by Crippen LogP contribution is 2.19. The van der Waals surface area contributed by atoms with Crippen LogP contribution in [0.1, 0.15) is 24.9 Å². The molecule has 0 bridgehead atoms. The van der Waals surface area contributed by atoms with Crippen molar-refractivity contribution in [2.75, 3.05) is 37.6 Å². The Labute approximate surface area is 147 Å². The first-order valence-electron chi connectivity index (χ1n) is 8.43. The van der Waals surface area contributed by atoms with E-state index >= 15 is 0 Å². The number of benzene rings is 1. The lowest BCUT2D eigenvalue weighted by Crippen LogP contribution is -2.47. The normalized spacial score (nSPS) is 16.8. The van der Waals surface area contributed by atoms with E-state index in [2.05, 4.69) is 20.1 Å². The number of anilines is 1. The molecule has 1 saturated heterocycles. The molecule has 1 aliphatic heterocycles. The van der Waals surface area contributed by atoms with Crippen molar-refractivity contribution in [2.24, 2.45) is 0 Å². The molecule has 128 valence electrons. The van der Waals surface area contributed by atoms with Crippen molar-refractivity contribution < 1.29 is 4.79 Å². The minimum atomic E-state index is 0.0560. The maximum atomic E-state index is 12.2. The molecule has 0 aliphatic carbocycles. The molecule has 1 aromatic heterocycles. The van der Waals surface area contributed by atoms with Gasteiger partial charge in [0.05, 0.1) is 6.04 Å². The van der Waals surface area contributed by atoms with Gasteiger partial charge in [-0.2, -0.15) is 0 Å². The molecule has 1 aromatic carbocycles. The lowest BCUT2D eigenvalue weighted by Gasteiger charge is -2.34. The van der Waals surface area contributed by atoms with Crippen LogP contribution < -0.4 is 10.2 Å². The number of carbonyl (C=O) groups excluding carboxylic acids is 1. The standard InChI is InChI=1S/C18H24N4OS/c1-15(16-5-3-2-4-6-16)20-17(23)7-9-21-10-12-22(13-11-21)18-19-8-14-24-18/h2-6,8,14-15H,7,9-13H2,1H3,(H,20,23)/t15-/m1/s1. The third-order valence-corrected chi connectivity index (χ3v) is 5.23. The number of nitrogens with zero attached hydrogens (tertiary/aromatic N) is 3. The van der Waals surface area contributed by atoms with Crippen LogP contribution in [0.3, 0.4) is 0 Å². The molecular weight excluding hydrogens is 320 g/mol. The number of rotatable bonds is 6. The van der Waals surface area contributed by atoms with Gasteiger partial charge in [0.25, 0.3) is 0 Å². The summed E-state index contributed by atoms with van der Waals surface area (Å²) < 4.78 is 0. The number of amides is 1. The van der Waals surface area contributed by atoms with E-state index in [0.717, 1.165) is 43.4 Å². The Balaban J connectivity index is 1.38. The van der Waals surface area contributed by atoms with Gasteiger partial charge in [-0.1, -0.05) is 30.3 Å². The van der Waals surface area contributed by atoms with Gasteiger partial charge in [-0.3, -0.25) is 9.69 Å². The second kappa shape index (κ2) is 8.26. The van der Waals surface area contributed by atoms with Crippen LogP contribution in [0.2, 0.25) is 0 Å². The summed E-state index contributed by atoms with van der Waals surface area (Å²) in [6, 6.07) is 10.1. The summed E-state index contributed by atoms with van der Waals surface area (Å²) in [6.07, 6.45) is 2.40. The van der Waals surface area contributed by atoms with Gasteiger partial charge in [0, 0.05) is 50.7 Å². The van der Waals surface area contributed by atoms with Crippen LogP contribution >= 0.6 is 11.3 Å². The lowest BCUT2D eigenvalue weighted by atomic mass is 10.1. The van der Waals surface area contributed by atoms with Crippen molar-refractivity contribution in [1.82, 2.24) is 15.2 Å². The second-order valence-corrected chi connectivity index (χ2v) is 6.97. The number of aromatic nitrogens is 1. The molecule has 2 heterocycles. The quantitative estimate of drug-likeness (QED) is 0.875. The SMILES string of the molecule is C[C@@H](NC(=O)CCN1CCN(c2nccs2)CC1)c1ccccc1. The lowest BCUT2D eigenvalue weighted by molar-refractivity contribution is -0.122. The fourth-order valence-electron chi connectivity index (χ4n) is 2.93. The molecule has 1 atom stereocenters. The maximum Gasteiger partial charge on any atom is 0.221 e. The Morgan fingerprint density at radius 2 is 2.00 bits per heavy atom. The van der Waals surface area contributed by atoms with Crippen LogP contribution in [0.4, 0.5) is 5.13 Å². The van der Waals surface area contributed by atoms with E-state index in [1.807, 2.05) is 48.8 Å². The Morgan fingerprint density at radius 1 is 1.25 bits per heavy atom. The first kappa shape index (κ1) is 16.9. The van der Waals surface area contributed by atoms with Gasteiger partial charge < -0.3 is 10.2 Å². The molecule has 5 nitrogen and oxygen atoms in total. The highest BCUT2D eigenvalue weighted by atomic mass is 32.1. The minimum absolute atomic E-state index is 0.0560. The molecule has 0 unspecified atom stereocenters. The van der Waals surface area contributed by atoms with Gasteiger partial charge in [0.15, 0.2) is 5.13 Å². The average molecular weight is 344 g/mol. The molecule has 1 fully saturated rings. The average Bonchev–Trinajstić information content (AvgIpc) is 3.16. The van der Waals surface area contributed by atoms with E-state index in [0.29, 0.717) is 6.42 Å². The van der Waals surface area contributed by atoms with E-state index in [1.165, 1.54) is 0 Å². The highest BCUT2D eigenvalue weighted by Gasteiger charge is 2.19. The molecule has 0 spiro atoms. The number of hydrogen-bond donors (Lipinski definition) is 1. The molecular formula is C18H24N4OS. The summed E-state index contributed by atoms with van der Waals surface area (Å²) in [4.78, 5) is 21.2. The zero-order chi connectivity index (χ0) is 16.8. The Bertz CT molecular complexity index is 624. The molecule has 1 N–H and O–H groups in total. The number of hydrogen-bond acceptors (Lipinski definition) is 5. The Kier molecular flexibility index (Phi) is 5.82. The van der Waals surface area contributed by atoms with Crippen LogP contribution in [-0.2, 0) is 4.79 Å². The molecule has 3 rings (SSSR count). The zero-order valence-electron chi connectivity index (χ0n) is 14.0. The van der Waals surface area contributed by atoms with Crippen molar-refractivity contribution in [3.63, 3.8) is 0 Å². The predicted molar refractivity (Wildman–Crippen MR) is 98.4 cm³/mol. The van der Waals surface area contributed by atoms with E-state index in [4.69, 9.17) is 0 Å². The largest absolute Gasteiger partial charge is 0.350 e. The topological polar surface area (TPSA) is 48.5 Å². The van der Waals surface area contributed by atoms with Gasteiger partial charge in [-0.25, -0.2) is 4.98 Å². The minimum Gasteiger partial charge on any atom is -0.350 e. The molecule has 24 heavy (non-hydrogen) atoms. The van der Waals surface area contributed by atoms with Gasteiger partial charge in [-0.05, 0) is 12.5 Å². The van der Waals surface area contributed by atoms with Gasteiger partial charge in [0.2, 0.25) is 5.91 Å². The maximum absolute atomic E-state index is 12.2. The van der Waals surface area contributed by atoms with Crippen molar-refractivity contribution in [3.8, 4) is 0 Å². The number of piperazine rings is 1. The number of thiazole rings is 1. The third-order valence-electron chi connectivity index (χ3n) is 4.39. The van der Waals surface area contributed by atoms with E-state index in [-0.39, 0.29) is 11.9 Å². The van der Waals surface area contributed by atoms with Crippen LogP contribution in [0.25, 0.3) is 0 Å². The number of carbonyl (C=O) groups is 1. The summed E-state index contributed by atoms with van der Waals surface area (Å²) in [5.41, 5.74) is 1.14. The van der Waals surface area contributed by atoms with E-state index in [9.17, 15) is 4.79 Å². The molecule has 0 saturated carbocycles. The van der Waals surface area contributed by atoms with E-state index in [1.54, 1.807) is 11.3 Å². The smallest absolute Gasteiger partial charge is 0.221 e. The van der Waals surface area contributed by atoms with Crippen molar-refractivity contribution >= 4 is 22.4 Å². The molecule has 1 aliphatic rings. The monoisotopic (exact) mass is 344 g/mol. The van der Waals surface area contributed by atoms with Crippen molar-refractivity contribution in [3.05, 3.63) is 47.5 Å². The highest BCUT2D eigenvalue weighted by molar-refractivity contribution is 7.13. The predicted octanol–water partition coefficient (Wildman–Crippen LogP) is 2.53. The zero-order valence-corrected chi connectivity index (χ0v) is 14.8. The van der Waals surface area contributed by atoms with Gasteiger partial charge >= 0.3 is 0 Å². The van der Waals surface area contributed by atoms with Gasteiger partial charge in [0.1, 0.15) is 0 Å². The van der Waals surface area contributed by atoms with Crippen molar-refractivity contribution in [1.29, 1.82) is 0 Å². The molecule has 1 amide bonds. The summed E-state index contributed by atoms with van der Waals surface area (Å²) >= 11 is 1.69. The second-order valence-electron chi connectivity index (χ2n) is 6.09. The fourth-order valence-corrected chi connectivity index (χ4v) is 3.63. The van der Waals surface area contributed by atoms with Crippen molar-refractivity contribution in [2.45, 2.75) is 19.4 Å². The molecule has 0 radical (unpaired) electrons. The van der Waals surface area contributed by atoms with Crippen LogP contribution in [-0.4, -0.2) is 48.5 Å². The summed E-state index contributed by atoms with van der Waals surface area (Å²) in [6.45, 7) is 6.78. The number of nitrogens with one attached hydrogen (secondary N) is 1.